The highest BCUT2D eigenvalue weighted by molar-refractivity contribution is 4.97. The molecule has 0 aliphatic carbocycles. The topological polar surface area (TPSA) is 75.5 Å². The van der Waals surface area contributed by atoms with Crippen LogP contribution in [-0.2, 0) is 13.1 Å². The van der Waals surface area contributed by atoms with Crippen molar-refractivity contribution >= 4 is 0 Å². The number of piperidine rings is 1. The Bertz CT molecular complexity index is 504. The van der Waals surface area contributed by atoms with Gasteiger partial charge in [0, 0.05) is 6.54 Å². The van der Waals surface area contributed by atoms with Crippen LogP contribution in [0.4, 0.5) is 0 Å². The molecule has 7 heteroatoms. The lowest BCUT2D eigenvalue weighted by atomic mass is 10.0. The summed E-state index contributed by atoms with van der Waals surface area (Å²) < 4.78 is 1.95. The number of hydrogen-bond acceptors (Lipinski definition) is 5. The summed E-state index contributed by atoms with van der Waals surface area (Å²) in [6, 6.07) is 0.318. The maximum atomic E-state index is 4.36. The first-order chi connectivity index (χ1) is 9.38. The molecule has 0 bridgehead atoms. The van der Waals surface area contributed by atoms with Crippen molar-refractivity contribution in [2.45, 2.75) is 45.3 Å². The summed E-state index contributed by atoms with van der Waals surface area (Å²) in [6.45, 7) is 4.83. The number of nitrogens with zero attached hydrogens (tertiary/aromatic N) is 6. The average Bonchev–Trinajstić information content (AvgIpc) is 3.10. The van der Waals surface area contributed by atoms with Gasteiger partial charge in [0.05, 0.1) is 12.6 Å². The van der Waals surface area contributed by atoms with Gasteiger partial charge in [0.2, 0.25) is 0 Å². The quantitative estimate of drug-likeness (QED) is 0.893. The van der Waals surface area contributed by atoms with E-state index in [1.54, 1.807) is 12.7 Å². The summed E-state index contributed by atoms with van der Waals surface area (Å²) in [7, 11) is 0. The minimum absolute atomic E-state index is 0.318. The smallest absolute Gasteiger partial charge is 0.141 e. The molecule has 19 heavy (non-hydrogen) atoms. The number of aryl methyl sites for hydroxylation is 1. The van der Waals surface area contributed by atoms with Gasteiger partial charge in [-0.05, 0) is 26.3 Å². The SMILES string of the molecule is CCn1ncnc1CN1CCCC[C@H]1c1ncn[nH]1. The van der Waals surface area contributed by atoms with Gasteiger partial charge in [-0.1, -0.05) is 6.42 Å². The van der Waals surface area contributed by atoms with E-state index in [2.05, 4.69) is 37.1 Å². The van der Waals surface area contributed by atoms with Crippen LogP contribution >= 0.6 is 0 Å². The Hall–Kier alpha value is -1.76. The fourth-order valence-electron chi connectivity index (χ4n) is 2.72. The van der Waals surface area contributed by atoms with E-state index in [1.165, 1.54) is 12.8 Å². The molecule has 0 unspecified atom stereocenters. The second kappa shape index (κ2) is 5.48. The van der Waals surface area contributed by atoms with Crippen molar-refractivity contribution < 1.29 is 0 Å². The molecule has 0 aromatic carbocycles. The second-order valence-corrected chi connectivity index (χ2v) is 4.84. The van der Waals surface area contributed by atoms with Gasteiger partial charge in [0.25, 0.3) is 0 Å². The summed E-state index contributed by atoms with van der Waals surface area (Å²) in [5.74, 6) is 1.98. The second-order valence-electron chi connectivity index (χ2n) is 4.84. The third-order valence-corrected chi connectivity index (χ3v) is 3.70. The van der Waals surface area contributed by atoms with Gasteiger partial charge in [0.15, 0.2) is 0 Å². The van der Waals surface area contributed by atoms with Crippen molar-refractivity contribution in [1.29, 1.82) is 0 Å². The van der Waals surface area contributed by atoms with Crippen LogP contribution in [0, 0.1) is 0 Å². The summed E-state index contributed by atoms with van der Waals surface area (Å²) in [5, 5.41) is 11.2. The van der Waals surface area contributed by atoms with Gasteiger partial charge in [-0.3, -0.25) is 10.00 Å². The predicted molar refractivity (Wildman–Crippen MR) is 69.1 cm³/mol. The number of nitrogens with one attached hydrogen (secondary N) is 1. The fraction of sp³-hybridized carbons (Fsp3) is 0.667. The molecule has 102 valence electrons. The minimum atomic E-state index is 0.318. The van der Waals surface area contributed by atoms with E-state index < -0.39 is 0 Å². The van der Waals surface area contributed by atoms with E-state index in [4.69, 9.17) is 0 Å². The largest absolute Gasteiger partial charge is 0.286 e. The van der Waals surface area contributed by atoms with Crippen LogP contribution in [-0.4, -0.2) is 41.4 Å². The first-order valence-corrected chi connectivity index (χ1v) is 6.84. The molecule has 1 fully saturated rings. The molecule has 0 spiro atoms. The molecule has 0 amide bonds. The van der Waals surface area contributed by atoms with Crippen molar-refractivity contribution in [1.82, 2.24) is 34.8 Å². The molecule has 0 saturated carbocycles. The van der Waals surface area contributed by atoms with Crippen molar-refractivity contribution in [3.05, 3.63) is 24.3 Å². The van der Waals surface area contributed by atoms with Crippen LogP contribution < -0.4 is 0 Å². The summed E-state index contributed by atoms with van der Waals surface area (Å²) in [6.07, 6.45) is 6.80. The summed E-state index contributed by atoms with van der Waals surface area (Å²) in [4.78, 5) is 11.1. The number of H-pyrrole nitrogens is 1. The molecule has 2 aromatic rings. The zero-order chi connectivity index (χ0) is 13.1. The van der Waals surface area contributed by atoms with Gasteiger partial charge in [-0.25, -0.2) is 14.6 Å². The number of aromatic amines is 1. The van der Waals surface area contributed by atoms with E-state index in [-0.39, 0.29) is 0 Å². The standard InChI is InChI=1S/C12H19N7/c1-2-19-11(13-9-16-19)7-18-6-4-3-5-10(18)12-14-8-15-17-12/h8-10H,2-7H2,1H3,(H,14,15,17)/t10-/m0/s1. The van der Waals surface area contributed by atoms with E-state index in [0.29, 0.717) is 6.04 Å². The molecule has 2 aromatic heterocycles. The van der Waals surface area contributed by atoms with Crippen molar-refractivity contribution in [3.8, 4) is 0 Å². The van der Waals surface area contributed by atoms with Gasteiger partial charge >= 0.3 is 0 Å². The molecule has 3 rings (SSSR count). The highest BCUT2D eigenvalue weighted by atomic mass is 15.4. The Balaban J connectivity index is 1.77. The van der Waals surface area contributed by atoms with Gasteiger partial charge in [-0.2, -0.15) is 10.2 Å². The monoisotopic (exact) mass is 261 g/mol. The average molecular weight is 261 g/mol. The Morgan fingerprint density at radius 1 is 1.32 bits per heavy atom. The molecule has 1 atom stereocenters. The highest BCUT2D eigenvalue weighted by Crippen LogP contribution is 2.29. The molecule has 3 heterocycles. The number of rotatable bonds is 4. The third-order valence-electron chi connectivity index (χ3n) is 3.70. The minimum Gasteiger partial charge on any atom is -0.286 e. The predicted octanol–water partition coefficient (Wildman–Crippen LogP) is 1.14. The number of hydrogen-bond donors (Lipinski definition) is 1. The van der Waals surface area contributed by atoms with Crippen LogP contribution in [0.25, 0.3) is 0 Å². The lowest BCUT2D eigenvalue weighted by Gasteiger charge is -2.33. The zero-order valence-electron chi connectivity index (χ0n) is 11.2. The van der Waals surface area contributed by atoms with Crippen molar-refractivity contribution in [2.24, 2.45) is 0 Å². The molecular formula is C12H19N7. The first kappa shape index (κ1) is 12.3. The Labute approximate surface area is 112 Å². The van der Waals surface area contributed by atoms with E-state index in [9.17, 15) is 0 Å². The first-order valence-electron chi connectivity index (χ1n) is 6.84. The Kier molecular flexibility index (Phi) is 3.54. The molecule has 0 radical (unpaired) electrons. The van der Waals surface area contributed by atoms with Crippen LogP contribution in [0.15, 0.2) is 12.7 Å². The van der Waals surface area contributed by atoms with E-state index in [1.807, 2.05) is 4.68 Å². The molecule has 1 N–H and O–H groups in total. The maximum absolute atomic E-state index is 4.36. The van der Waals surface area contributed by atoms with E-state index in [0.717, 1.165) is 37.7 Å². The third kappa shape index (κ3) is 2.51. The summed E-state index contributed by atoms with van der Waals surface area (Å²) >= 11 is 0. The molecule has 1 aliphatic rings. The number of likely N-dealkylation sites (tertiary alicyclic amines) is 1. The Morgan fingerprint density at radius 2 is 2.26 bits per heavy atom. The van der Waals surface area contributed by atoms with Crippen LogP contribution in [0.1, 0.15) is 43.9 Å². The van der Waals surface area contributed by atoms with Crippen LogP contribution in [0.3, 0.4) is 0 Å². The van der Waals surface area contributed by atoms with Crippen LogP contribution in [0.2, 0.25) is 0 Å². The lowest BCUT2D eigenvalue weighted by molar-refractivity contribution is 0.128. The molecule has 1 aliphatic heterocycles. The lowest BCUT2D eigenvalue weighted by Crippen LogP contribution is -2.34. The molecule has 7 nitrogen and oxygen atoms in total. The molecular weight excluding hydrogens is 242 g/mol. The van der Waals surface area contributed by atoms with Gasteiger partial charge in [-0.15, -0.1) is 0 Å². The maximum Gasteiger partial charge on any atom is 0.141 e. The zero-order valence-corrected chi connectivity index (χ0v) is 11.2. The fourth-order valence-corrected chi connectivity index (χ4v) is 2.72. The normalized spacial score (nSPS) is 20.8. The van der Waals surface area contributed by atoms with Gasteiger partial charge in [0.1, 0.15) is 24.3 Å². The number of aromatic nitrogens is 6. The van der Waals surface area contributed by atoms with Gasteiger partial charge < -0.3 is 0 Å². The highest BCUT2D eigenvalue weighted by Gasteiger charge is 2.27. The van der Waals surface area contributed by atoms with Crippen molar-refractivity contribution in [3.63, 3.8) is 0 Å². The molecule has 1 saturated heterocycles. The van der Waals surface area contributed by atoms with Crippen LogP contribution in [0.5, 0.6) is 0 Å². The van der Waals surface area contributed by atoms with E-state index >= 15 is 0 Å². The van der Waals surface area contributed by atoms with Crippen molar-refractivity contribution in [2.75, 3.05) is 6.54 Å². The Morgan fingerprint density at radius 3 is 3.05 bits per heavy atom. The summed E-state index contributed by atoms with van der Waals surface area (Å²) in [5.41, 5.74) is 0.